The number of likely N-dealkylation sites (tertiary alicyclic amines) is 1. The first-order valence-corrected chi connectivity index (χ1v) is 12.8. The molecule has 7 heteroatoms. The highest BCUT2D eigenvalue weighted by atomic mass is 16.4. The molecule has 1 saturated heterocycles. The number of carbonyl (C=O) groups excluding carboxylic acids is 2. The Morgan fingerprint density at radius 1 is 1.00 bits per heavy atom. The summed E-state index contributed by atoms with van der Waals surface area (Å²) in [7, 11) is 1.74. The lowest BCUT2D eigenvalue weighted by Gasteiger charge is -2.40. The summed E-state index contributed by atoms with van der Waals surface area (Å²) in [6.07, 6.45) is 9.77. The van der Waals surface area contributed by atoms with Gasteiger partial charge in [-0.1, -0.05) is 45.6 Å². The predicted octanol–water partition coefficient (Wildman–Crippen LogP) is 3.83. The largest absolute Gasteiger partial charge is 0.478 e. The van der Waals surface area contributed by atoms with Crippen LogP contribution in [0.4, 0.5) is 0 Å². The van der Waals surface area contributed by atoms with Crippen LogP contribution >= 0.6 is 0 Å². The topological polar surface area (TPSA) is 90.0 Å². The second-order valence-electron chi connectivity index (χ2n) is 10.6. The maximum atomic E-state index is 13.8. The number of nitrogens with zero attached hydrogens (tertiary/aromatic N) is 2. The van der Waals surface area contributed by atoms with Crippen molar-refractivity contribution in [2.45, 2.75) is 110 Å². The predicted molar refractivity (Wildman–Crippen MR) is 131 cm³/mol. The summed E-state index contributed by atoms with van der Waals surface area (Å²) in [6, 6.07) is -0.836. The first kappa shape index (κ1) is 27.4. The number of hydrogen-bond acceptors (Lipinski definition) is 4. The molecule has 7 nitrogen and oxygen atoms in total. The first-order chi connectivity index (χ1) is 15.5. The van der Waals surface area contributed by atoms with Gasteiger partial charge >= 0.3 is 5.97 Å². The van der Waals surface area contributed by atoms with Crippen LogP contribution in [0.25, 0.3) is 0 Å². The molecule has 2 rings (SSSR count). The quantitative estimate of drug-likeness (QED) is 0.507. The highest BCUT2D eigenvalue weighted by molar-refractivity contribution is 5.90. The van der Waals surface area contributed by atoms with Crippen molar-refractivity contribution in [2.24, 2.45) is 11.8 Å². The van der Waals surface area contributed by atoms with E-state index in [1.807, 2.05) is 13.8 Å². The highest BCUT2D eigenvalue weighted by Gasteiger charge is 2.38. The number of carbonyl (C=O) groups is 3. The molecule has 1 unspecified atom stereocenters. The van der Waals surface area contributed by atoms with Crippen molar-refractivity contribution >= 4 is 17.8 Å². The Balaban J connectivity index is 2.28. The first-order valence-electron chi connectivity index (χ1n) is 12.8. The smallest absolute Gasteiger partial charge is 0.331 e. The van der Waals surface area contributed by atoms with Gasteiger partial charge in [-0.2, -0.15) is 0 Å². The minimum atomic E-state index is -0.982. The molecule has 0 aromatic heterocycles. The third-order valence-electron chi connectivity index (χ3n) is 7.43. The van der Waals surface area contributed by atoms with E-state index in [0.29, 0.717) is 0 Å². The summed E-state index contributed by atoms with van der Waals surface area (Å²) in [4.78, 5) is 42.6. The zero-order valence-electron chi connectivity index (χ0n) is 21.5. The molecular formula is C26H45N3O4. The molecule has 2 amide bonds. The molecule has 0 aromatic carbocycles. The lowest BCUT2D eigenvalue weighted by atomic mass is 9.82. The van der Waals surface area contributed by atoms with Gasteiger partial charge < -0.3 is 15.3 Å². The molecule has 188 valence electrons. The van der Waals surface area contributed by atoms with Crippen LogP contribution in [0, 0.1) is 11.8 Å². The van der Waals surface area contributed by atoms with Crippen LogP contribution in [0.2, 0.25) is 0 Å². The van der Waals surface area contributed by atoms with E-state index in [-0.39, 0.29) is 47.3 Å². The Morgan fingerprint density at radius 3 is 2.15 bits per heavy atom. The lowest BCUT2D eigenvalue weighted by Crippen LogP contribution is -2.59. The van der Waals surface area contributed by atoms with Gasteiger partial charge in [-0.3, -0.25) is 14.5 Å². The highest BCUT2D eigenvalue weighted by Crippen LogP contribution is 2.29. The Kier molecular flexibility index (Phi) is 10.4. The van der Waals surface area contributed by atoms with Crippen LogP contribution in [0.15, 0.2) is 11.6 Å². The number of carboxylic acids is 1. The number of nitrogens with one attached hydrogen (secondary N) is 1. The number of rotatable bonds is 9. The van der Waals surface area contributed by atoms with Gasteiger partial charge in [0, 0.05) is 18.7 Å². The zero-order valence-corrected chi connectivity index (χ0v) is 21.5. The minimum absolute atomic E-state index is 0.0425. The fourth-order valence-electron chi connectivity index (χ4n) is 5.40. The van der Waals surface area contributed by atoms with E-state index < -0.39 is 12.0 Å². The fraction of sp³-hybridized carbons (Fsp3) is 0.808. The number of amides is 2. The van der Waals surface area contributed by atoms with Crippen molar-refractivity contribution in [2.75, 3.05) is 13.6 Å². The maximum absolute atomic E-state index is 13.8. The van der Waals surface area contributed by atoms with E-state index in [1.54, 1.807) is 24.9 Å². The lowest BCUT2D eigenvalue weighted by molar-refractivity contribution is -0.141. The van der Waals surface area contributed by atoms with Crippen LogP contribution in [-0.4, -0.2) is 70.4 Å². The van der Waals surface area contributed by atoms with E-state index >= 15 is 0 Å². The van der Waals surface area contributed by atoms with Gasteiger partial charge in [0.1, 0.15) is 6.04 Å². The van der Waals surface area contributed by atoms with E-state index in [9.17, 15) is 19.5 Å². The monoisotopic (exact) mass is 463 g/mol. The van der Waals surface area contributed by atoms with E-state index in [2.05, 4.69) is 24.1 Å². The summed E-state index contributed by atoms with van der Waals surface area (Å²) < 4.78 is 0. The van der Waals surface area contributed by atoms with Crippen LogP contribution in [-0.2, 0) is 14.4 Å². The minimum Gasteiger partial charge on any atom is -0.478 e. The van der Waals surface area contributed by atoms with Crippen LogP contribution in [0.3, 0.4) is 0 Å². The van der Waals surface area contributed by atoms with Crippen molar-refractivity contribution in [1.29, 1.82) is 0 Å². The summed E-state index contributed by atoms with van der Waals surface area (Å²) in [6.45, 7) is 10.7. The zero-order chi connectivity index (χ0) is 24.7. The van der Waals surface area contributed by atoms with Gasteiger partial charge in [0.25, 0.3) is 0 Å². The Hall–Kier alpha value is -1.89. The number of likely N-dealkylation sites (N-methyl/N-ethyl adjacent to an activating group) is 1. The third kappa shape index (κ3) is 7.29. The molecule has 0 radical (unpaired) electrons. The Bertz CT molecular complexity index is 712. The van der Waals surface area contributed by atoms with Crippen molar-refractivity contribution in [3.8, 4) is 0 Å². The second kappa shape index (κ2) is 12.5. The number of piperidine rings is 1. The Morgan fingerprint density at radius 2 is 1.61 bits per heavy atom. The van der Waals surface area contributed by atoms with Gasteiger partial charge in [0.05, 0.1) is 12.1 Å². The molecule has 0 spiro atoms. The number of carboxylic acid groups (broad SMARTS) is 1. The average molecular weight is 464 g/mol. The van der Waals surface area contributed by atoms with Gasteiger partial charge in [-0.25, -0.2) is 4.79 Å². The summed E-state index contributed by atoms with van der Waals surface area (Å²) in [5.74, 6) is -0.976. The second-order valence-corrected chi connectivity index (χ2v) is 10.6. The van der Waals surface area contributed by atoms with E-state index in [4.69, 9.17) is 0 Å². The Labute approximate surface area is 200 Å². The average Bonchev–Trinajstić information content (AvgIpc) is 2.79. The SMILES string of the molecule is CC(=C[C@H](C(C)C)N(C)C(=O)[C@@H](NC(=O)C1CCCCN1C(C)C)C1CCCCC1)C(=O)O. The van der Waals surface area contributed by atoms with Crippen LogP contribution in [0.5, 0.6) is 0 Å². The summed E-state index contributed by atoms with van der Waals surface area (Å²) in [5.41, 5.74) is 0.224. The molecule has 0 bridgehead atoms. The molecule has 1 aliphatic heterocycles. The molecule has 1 heterocycles. The molecule has 1 aliphatic carbocycles. The molecular weight excluding hydrogens is 418 g/mol. The van der Waals surface area contributed by atoms with Gasteiger partial charge in [-0.05, 0) is 64.8 Å². The fourth-order valence-corrected chi connectivity index (χ4v) is 5.40. The molecule has 2 N–H and O–H groups in total. The summed E-state index contributed by atoms with van der Waals surface area (Å²) in [5, 5.41) is 12.5. The third-order valence-corrected chi connectivity index (χ3v) is 7.43. The number of aliphatic carboxylic acids is 1. The van der Waals surface area contributed by atoms with Crippen molar-refractivity contribution in [3.05, 3.63) is 11.6 Å². The van der Waals surface area contributed by atoms with E-state index in [1.165, 1.54) is 6.42 Å². The normalized spacial score (nSPS) is 22.8. The van der Waals surface area contributed by atoms with Crippen LogP contribution in [0.1, 0.15) is 86.0 Å². The van der Waals surface area contributed by atoms with Gasteiger partial charge in [0.15, 0.2) is 0 Å². The molecule has 2 fully saturated rings. The van der Waals surface area contributed by atoms with Crippen molar-refractivity contribution in [1.82, 2.24) is 15.1 Å². The van der Waals surface area contributed by atoms with Crippen molar-refractivity contribution in [3.63, 3.8) is 0 Å². The molecule has 3 atom stereocenters. The maximum Gasteiger partial charge on any atom is 0.331 e. The van der Waals surface area contributed by atoms with E-state index in [0.717, 1.165) is 51.5 Å². The van der Waals surface area contributed by atoms with Gasteiger partial charge in [0.2, 0.25) is 11.8 Å². The molecule has 1 saturated carbocycles. The standard InChI is InChI=1S/C26H45N3O4/c1-17(2)22(16-19(5)26(32)33)28(6)25(31)23(20-12-8-7-9-13-20)27-24(30)21-14-10-11-15-29(21)18(3)4/h16-18,20-23H,7-15H2,1-6H3,(H,27,30)(H,32,33)/t21?,22-,23+/m1/s1. The van der Waals surface area contributed by atoms with Gasteiger partial charge in [-0.15, -0.1) is 0 Å². The number of hydrogen-bond donors (Lipinski definition) is 2. The van der Waals surface area contributed by atoms with Crippen LogP contribution < -0.4 is 5.32 Å². The molecule has 0 aromatic rings. The summed E-state index contributed by atoms with van der Waals surface area (Å²) >= 11 is 0. The molecule has 2 aliphatic rings. The molecule has 33 heavy (non-hydrogen) atoms. The van der Waals surface area contributed by atoms with Crippen molar-refractivity contribution < 1.29 is 19.5 Å².